The summed E-state index contributed by atoms with van der Waals surface area (Å²) in [5, 5.41) is 12.1. The van der Waals surface area contributed by atoms with Gasteiger partial charge in [-0.25, -0.2) is 9.78 Å². The van der Waals surface area contributed by atoms with Gasteiger partial charge in [-0.05, 0) is 18.6 Å². The Hall–Kier alpha value is -2.74. The minimum Gasteiger partial charge on any atom is -0.334 e. The van der Waals surface area contributed by atoms with Crippen molar-refractivity contribution in [1.29, 1.82) is 0 Å². The van der Waals surface area contributed by atoms with E-state index in [1.165, 1.54) is 11.3 Å². The van der Waals surface area contributed by atoms with Crippen LogP contribution in [0.5, 0.6) is 0 Å². The molecule has 0 atom stereocenters. The molecule has 2 amide bonds. The van der Waals surface area contributed by atoms with Crippen molar-refractivity contribution in [2.24, 2.45) is 7.05 Å². The Labute approximate surface area is 137 Å². The lowest BCUT2D eigenvalue weighted by Crippen LogP contribution is -2.28. The number of thiazole rings is 1. The van der Waals surface area contributed by atoms with Crippen molar-refractivity contribution in [2.45, 2.75) is 13.5 Å². The van der Waals surface area contributed by atoms with E-state index in [0.29, 0.717) is 11.7 Å². The van der Waals surface area contributed by atoms with Gasteiger partial charge in [-0.1, -0.05) is 6.07 Å². The summed E-state index contributed by atoms with van der Waals surface area (Å²) in [6, 6.07) is 3.56. The Bertz CT molecular complexity index is 807. The molecular weight excluding hydrogens is 312 g/mol. The molecule has 3 aromatic heterocycles. The monoisotopic (exact) mass is 328 g/mol. The zero-order chi connectivity index (χ0) is 16.2. The van der Waals surface area contributed by atoms with Crippen LogP contribution in [0.25, 0.3) is 11.3 Å². The van der Waals surface area contributed by atoms with Gasteiger partial charge in [-0.3, -0.25) is 15.0 Å². The first-order valence-electron chi connectivity index (χ1n) is 7.01. The van der Waals surface area contributed by atoms with E-state index in [4.69, 9.17) is 0 Å². The summed E-state index contributed by atoms with van der Waals surface area (Å²) in [4.78, 5) is 20.4. The summed E-state index contributed by atoms with van der Waals surface area (Å²) in [6.45, 7) is 2.28. The average molecular weight is 328 g/mol. The fourth-order valence-corrected chi connectivity index (χ4v) is 2.67. The average Bonchev–Trinajstić information content (AvgIpc) is 3.14. The Morgan fingerprint density at radius 1 is 1.35 bits per heavy atom. The SMILES string of the molecule is Cc1csc(NC(=O)NCc2ccc(-c3cnn(C)c3)nc2)n1. The number of urea groups is 1. The Morgan fingerprint density at radius 3 is 2.83 bits per heavy atom. The minimum atomic E-state index is -0.282. The lowest BCUT2D eigenvalue weighted by Gasteiger charge is -2.06. The molecule has 8 heteroatoms. The number of hydrogen-bond donors (Lipinski definition) is 2. The molecule has 0 aliphatic heterocycles. The lowest BCUT2D eigenvalue weighted by molar-refractivity contribution is 0.251. The normalized spacial score (nSPS) is 10.5. The van der Waals surface area contributed by atoms with E-state index < -0.39 is 0 Å². The zero-order valence-electron chi connectivity index (χ0n) is 12.8. The summed E-state index contributed by atoms with van der Waals surface area (Å²) in [5.74, 6) is 0. The van der Waals surface area contributed by atoms with Crippen LogP contribution >= 0.6 is 11.3 Å². The van der Waals surface area contributed by atoms with Gasteiger partial charge in [0, 0.05) is 36.9 Å². The summed E-state index contributed by atoms with van der Waals surface area (Å²) < 4.78 is 1.73. The molecule has 3 heterocycles. The quantitative estimate of drug-likeness (QED) is 0.771. The van der Waals surface area contributed by atoms with Crippen LogP contribution in [0.4, 0.5) is 9.93 Å². The third-order valence-corrected chi connectivity index (χ3v) is 3.99. The van der Waals surface area contributed by atoms with Crippen LogP contribution in [-0.4, -0.2) is 25.8 Å². The van der Waals surface area contributed by atoms with Gasteiger partial charge in [0.15, 0.2) is 5.13 Å². The number of rotatable bonds is 4. The van der Waals surface area contributed by atoms with E-state index in [1.54, 1.807) is 17.1 Å². The number of nitrogens with one attached hydrogen (secondary N) is 2. The largest absolute Gasteiger partial charge is 0.334 e. The fraction of sp³-hybridized carbons (Fsp3) is 0.200. The molecule has 0 fully saturated rings. The van der Waals surface area contributed by atoms with Gasteiger partial charge in [0.2, 0.25) is 0 Å². The third-order valence-electron chi connectivity index (χ3n) is 3.12. The highest BCUT2D eigenvalue weighted by Crippen LogP contribution is 2.16. The maximum Gasteiger partial charge on any atom is 0.321 e. The summed E-state index contributed by atoms with van der Waals surface area (Å²) in [7, 11) is 1.87. The molecule has 0 radical (unpaired) electrons. The van der Waals surface area contributed by atoms with Gasteiger partial charge in [0.25, 0.3) is 0 Å². The van der Waals surface area contributed by atoms with Gasteiger partial charge in [0.1, 0.15) is 0 Å². The van der Waals surface area contributed by atoms with Crippen molar-refractivity contribution in [2.75, 3.05) is 5.32 Å². The highest BCUT2D eigenvalue weighted by atomic mass is 32.1. The van der Waals surface area contributed by atoms with E-state index in [9.17, 15) is 4.79 Å². The maximum absolute atomic E-state index is 11.8. The van der Waals surface area contributed by atoms with E-state index >= 15 is 0 Å². The maximum atomic E-state index is 11.8. The highest BCUT2D eigenvalue weighted by molar-refractivity contribution is 7.13. The second-order valence-electron chi connectivity index (χ2n) is 5.06. The molecule has 0 aromatic carbocycles. The second kappa shape index (κ2) is 6.57. The van der Waals surface area contributed by atoms with Crippen LogP contribution in [0, 0.1) is 6.92 Å². The first-order valence-corrected chi connectivity index (χ1v) is 7.89. The smallest absolute Gasteiger partial charge is 0.321 e. The lowest BCUT2D eigenvalue weighted by atomic mass is 10.2. The predicted molar refractivity (Wildman–Crippen MR) is 89.1 cm³/mol. The molecule has 118 valence electrons. The Balaban J connectivity index is 1.55. The molecule has 7 nitrogen and oxygen atoms in total. The Morgan fingerprint density at radius 2 is 2.22 bits per heavy atom. The summed E-state index contributed by atoms with van der Waals surface area (Å²) in [6.07, 6.45) is 5.42. The van der Waals surface area contributed by atoms with Crippen LogP contribution in [0.15, 0.2) is 36.1 Å². The molecule has 0 saturated carbocycles. The number of nitrogens with zero attached hydrogens (tertiary/aromatic N) is 4. The van der Waals surface area contributed by atoms with Crippen LogP contribution in [0.2, 0.25) is 0 Å². The van der Waals surface area contributed by atoms with Crippen molar-refractivity contribution < 1.29 is 4.79 Å². The van der Waals surface area contributed by atoms with Crippen LogP contribution in [0.3, 0.4) is 0 Å². The van der Waals surface area contributed by atoms with E-state index in [0.717, 1.165) is 22.5 Å². The third kappa shape index (κ3) is 3.92. The molecule has 0 saturated heterocycles. The van der Waals surface area contributed by atoms with Gasteiger partial charge >= 0.3 is 6.03 Å². The van der Waals surface area contributed by atoms with Gasteiger partial charge in [0.05, 0.1) is 17.6 Å². The number of amides is 2. The molecule has 0 aliphatic carbocycles. The molecule has 23 heavy (non-hydrogen) atoms. The molecule has 0 unspecified atom stereocenters. The van der Waals surface area contributed by atoms with E-state index in [1.807, 2.05) is 37.7 Å². The molecule has 3 rings (SSSR count). The van der Waals surface area contributed by atoms with Gasteiger partial charge < -0.3 is 5.32 Å². The predicted octanol–water partition coefficient (Wildman–Crippen LogP) is 2.57. The fourth-order valence-electron chi connectivity index (χ4n) is 1.99. The van der Waals surface area contributed by atoms with Crippen molar-refractivity contribution >= 4 is 22.5 Å². The number of hydrogen-bond acceptors (Lipinski definition) is 5. The second-order valence-corrected chi connectivity index (χ2v) is 5.91. The van der Waals surface area contributed by atoms with Gasteiger partial charge in [-0.15, -0.1) is 11.3 Å². The molecular formula is C15H16N6OS. The number of carbonyl (C=O) groups excluding carboxylic acids is 1. The highest BCUT2D eigenvalue weighted by Gasteiger charge is 2.06. The minimum absolute atomic E-state index is 0.282. The first kappa shape index (κ1) is 15.2. The van der Waals surface area contributed by atoms with Crippen LogP contribution in [-0.2, 0) is 13.6 Å². The molecule has 0 bridgehead atoms. The molecule has 2 N–H and O–H groups in total. The van der Waals surface area contributed by atoms with Gasteiger partial charge in [-0.2, -0.15) is 5.10 Å². The summed E-state index contributed by atoms with van der Waals surface area (Å²) >= 11 is 1.40. The number of anilines is 1. The van der Waals surface area contributed by atoms with E-state index in [2.05, 4.69) is 25.7 Å². The number of aryl methyl sites for hydroxylation is 2. The number of pyridine rings is 1. The van der Waals surface area contributed by atoms with Crippen molar-refractivity contribution in [3.63, 3.8) is 0 Å². The number of carbonyl (C=O) groups is 1. The molecule has 0 spiro atoms. The van der Waals surface area contributed by atoms with Crippen molar-refractivity contribution in [1.82, 2.24) is 25.1 Å². The molecule has 3 aromatic rings. The van der Waals surface area contributed by atoms with Crippen LogP contribution < -0.4 is 10.6 Å². The standard InChI is InChI=1S/C15H16N6OS/c1-10-9-23-15(19-10)20-14(22)17-6-11-3-4-13(16-5-11)12-7-18-21(2)8-12/h3-5,7-9H,6H2,1-2H3,(H2,17,19,20,22). The Kier molecular flexibility index (Phi) is 4.33. The van der Waals surface area contributed by atoms with Crippen molar-refractivity contribution in [3.8, 4) is 11.3 Å². The van der Waals surface area contributed by atoms with Crippen LogP contribution in [0.1, 0.15) is 11.3 Å². The summed E-state index contributed by atoms with van der Waals surface area (Å²) in [5.41, 5.74) is 3.62. The first-order chi connectivity index (χ1) is 11.1. The van der Waals surface area contributed by atoms with E-state index in [-0.39, 0.29) is 6.03 Å². The molecule has 0 aliphatic rings. The zero-order valence-corrected chi connectivity index (χ0v) is 13.6. The number of aromatic nitrogens is 4. The van der Waals surface area contributed by atoms with Crippen molar-refractivity contribution in [3.05, 3.63) is 47.4 Å². The topological polar surface area (TPSA) is 84.7 Å².